The summed E-state index contributed by atoms with van der Waals surface area (Å²) in [6.45, 7) is 4.15. The van der Waals surface area contributed by atoms with Gasteiger partial charge in [0.05, 0.1) is 18.1 Å². The van der Waals surface area contributed by atoms with Crippen LogP contribution in [0.5, 0.6) is 0 Å². The molecule has 0 radical (unpaired) electrons. The average Bonchev–Trinajstić information content (AvgIpc) is 2.42. The molecule has 1 N–H and O–H groups in total. The van der Waals surface area contributed by atoms with Crippen molar-refractivity contribution >= 4 is 17.7 Å². The molecule has 1 unspecified atom stereocenters. The highest BCUT2D eigenvalue weighted by Gasteiger charge is 2.31. The number of rotatable bonds is 5. The molecule has 0 aliphatic rings. The Morgan fingerprint density at radius 3 is 2.53 bits per heavy atom. The number of hydrogen-bond donors (Lipinski definition) is 1. The number of nitrogens with one attached hydrogen (secondary N) is 1. The zero-order valence-electron chi connectivity index (χ0n) is 11.1. The maximum atomic E-state index is 11.3. The number of nitriles is 1. The number of carbonyl (C=O) groups excluding carboxylic acids is 1. The maximum Gasteiger partial charge on any atom is 0.407 e. The Labute approximate surface area is 118 Å². The molecule has 0 aromatic heterocycles. The average molecular weight is 281 g/mol. The van der Waals surface area contributed by atoms with Crippen LogP contribution in [0.15, 0.2) is 24.3 Å². The number of alkyl carbamates (subject to hydrolysis) is 1. The Balaban J connectivity index is 2.88. The number of carbonyl (C=O) groups is 1. The van der Waals surface area contributed by atoms with Crippen LogP contribution >= 0.6 is 11.6 Å². The first-order valence-electron chi connectivity index (χ1n) is 6.16. The van der Waals surface area contributed by atoms with Crippen molar-refractivity contribution < 1.29 is 9.53 Å². The van der Waals surface area contributed by atoms with E-state index in [4.69, 9.17) is 16.3 Å². The number of nitrogens with zero attached hydrogens (tertiary/aromatic N) is 1. The van der Waals surface area contributed by atoms with E-state index in [9.17, 15) is 10.1 Å². The van der Waals surface area contributed by atoms with E-state index in [-0.39, 0.29) is 6.54 Å². The Bertz CT molecular complexity index is 467. The van der Waals surface area contributed by atoms with Crippen molar-refractivity contribution in [2.45, 2.75) is 25.7 Å². The molecule has 0 saturated heterocycles. The van der Waals surface area contributed by atoms with Crippen molar-refractivity contribution in [3.05, 3.63) is 34.9 Å². The van der Waals surface area contributed by atoms with Crippen LogP contribution in [0.4, 0.5) is 4.79 Å². The van der Waals surface area contributed by atoms with Gasteiger partial charge in [-0.3, -0.25) is 0 Å². The zero-order valence-corrected chi connectivity index (χ0v) is 11.8. The molecule has 0 heterocycles. The molecule has 102 valence electrons. The predicted molar refractivity (Wildman–Crippen MR) is 74.1 cm³/mol. The topological polar surface area (TPSA) is 62.1 Å². The quantitative estimate of drug-likeness (QED) is 0.900. The zero-order chi connectivity index (χ0) is 14.3. The van der Waals surface area contributed by atoms with Gasteiger partial charge in [-0.05, 0) is 31.0 Å². The Morgan fingerprint density at radius 2 is 2.05 bits per heavy atom. The van der Waals surface area contributed by atoms with E-state index in [1.54, 1.807) is 19.1 Å². The highest BCUT2D eigenvalue weighted by molar-refractivity contribution is 6.30. The second-order valence-electron chi connectivity index (χ2n) is 4.13. The summed E-state index contributed by atoms with van der Waals surface area (Å²) in [5.41, 5.74) is 0.0656. The molecule has 4 nitrogen and oxygen atoms in total. The predicted octanol–water partition coefficient (Wildman–Crippen LogP) is 3.26. The summed E-state index contributed by atoms with van der Waals surface area (Å²) >= 11 is 5.84. The van der Waals surface area contributed by atoms with Gasteiger partial charge in [0.1, 0.15) is 0 Å². The molecule has 5 heteroatoms. The molecule has 0 fully saturated rings. The van der Waals surface area contributed by atoms with Crippen molar-refractivity contribution in [2.75, 3.05) is 13.2 Å². The molecule has 0 spiro atoms. The van der Waals surface area contributed by atoms with E-state index in [1.165, 1.54) is 0 Å². The monoisotopic (exact) mass is 280 g/mol. The Morgan fingerprint density at radius 1 is 1.42 bits per heavy atom. The Hall–Kier alpha value is -1.73. The molecule has 1 aromatic carbocycles. The smallest absolute Gasteiger partial charge is 0.407 e. The van der Waals surface area contributed by atoms with Gasteiger partial charge in [-0.2, -0.15) is 5.26 Å². The maximum absolute atomic E-state index is 11.3. The van der Waals surface area contributed by atoms with Crippen molar-refractivity contribution in [1.29, 1.82) is 5.26 Å². The van der Waals surface area contributed by atoms with Gasteiger partial charge in [0.15, 0.2) is 0 Å². The first-order valence-corrected chi connectivity index (χ1v) is 6.53. The fourth-order valence-electron chi connectivity index (χ4n) is 1.79. The minimum Gasteiger partial charge on any atom is -0.450 e. The first-order chi connectivity index (χ1) is 9.07. The summed E-state index contributed by atoms with van der Waals surface area (Å²) in [6, 6.07) is 9.38. The van der Waals surface area contributed by atoms with Crippen LogP contribution in [0.3, 0.4) is 0 Å². The molecule has 1 rings (SSSR count). The fraction of sp³-hybridized carbons (Fsp3) is 0.429. The van der Waals surface area contributed by atoms with Crippen molar-refractivity contribution in [3.8, 4) is 6.07 Å². The van der Waals surface area contributed by atoms with Crippen LogP contribution in [0, 0.1) is 11.3 Å². The second-order valence-corrected chi connectivity index (χ2v) is 4.56. The third-order valence-corrected chi connectivity index (χ3v) is 3.28. The number of amides is 1. The highest BCUT2D eigenvalue weighted by Crippen LogP contribution is 2.27. The number of halogens is 1. The van der Waals surface area contributed by atoms with Crippen LogP contribution < -0.4 is 5.32 Å². The van der Waals surface area contributed by atoms with Crippen LogP contribution in [0.25, 0.3) is 0 Å². The van der Waals surface area contributed by atoms with E-state index < -0.39 is 11.5 Å². The van der Waals surface area contributed by atoms with Gasteiger partial charge < -0.3 is 10.1 Å². The number of ether oxygens (including phenoxy) is 1. The van der Waals surface area contributed by atoms with Gasteiger partial charge in [-0.15, -0.1) is 0 Å². The van der Waals surface area contributed by atoms with E-state index in [0.29, 0.717) is 18.1 Å². The number of hydrogen-bond acceptors (Lipinski definition) is 3. The lowest BCUT2D eigenvalue weighted by atomic mass is 9.79. The van der Waals surface area contributed by atoms with Crippen molar-refractivity contribution in [2.24, 2.45) is 0 Å². The van der Waals surface area contributed by atoms with Crippen LogP contribution in [0.1, 0.15) is 25.8 Å². The third-order valence-electron chi connectivity index (χ3n) is 3.02. The summed E-state index contributed by atoms with van der Waals surface area (Å²) in [5, 5.41) is 12.7. The van der Waals surface area contributed by atoms with Crippen LogP contribution in [-0.4, -0.2) is 19.2 Å². The molecule has 0 aliphatic carbocycles. The molecule has 1 aromatic rings. The summed E-state index contributed by atoms with van der Waals surface area (Å²) in [5.74, 6) is 0. The molecule has 1 atom stereocenters. The highest BCUT2D eigenvalue weighted by atomic mass is 35.5. The lowest BCUT2D eigenvalue weighted by Gasteiger charge is -2.25. The molecule has 0 bridgehead atoms. The molecule has 1 amide bonds. The molecule has 0 aliphatic heterocycles. The molecular formula is C14H17ClN2O2. The lowest BCUT2D eigenvalue weighted by molar-refractivity contribution is 0.150. The fourth-order valence-corrected chi connectivity index (χ4v) is 1.91. The summed E-state index contributed by atoms with van der Waals surface area (Å²) in [6.07, 6.45) is 0.0712. The van der Waals surface area contributed by atoms with Crippen LogP contribution in [0.2, 0.25) is 5.02 Å². The third kappa shape index (κ3) is 3.87. The summed E-state index contributed by atoms with van der Waals surface area (Å²) in [7, 11) is 0. The minimum absolute atomic E-state index is 0.209. The van der Waals surface area contributed by atoms with Crippen molar-refractivity contribution in [1.82, 2.24) is 5.32 Å². The SMILES string of the molecule is CCOC(=O)NCC(C#N)(CC)c1ccc(Cl)cc1. The van der Waals surface area contributed by atoms with E-state index in [2.05, 4.69) is 11.4 Å². The van der Waals surface area contributed by atoms with E-state index in [1.807, 2.05) is 19.1 Å². The molecule has 0 saturated carbocycles. The van der Waals surface area contributed by atoms with Gasteiger partial charge >= 0.3 is 6.09 Å². The van der Waals surface area contributed by atoms with Crippen LogP contribution in [-0.2, 0) is 10.2 Å². The standard InChI is InChI=1S/C14H17ClN2O2/c1-3-14(9-16,10-17-13(18)19-4-2)11-5-7-12(15)8-6-11/h5-8H,3-4,10H2,1-2H3,(H,17,18). The minimum atomic E-state index is -0.767. The van der Waals surface area contributed by atoms with Gasteiger partial charge in [-0.1, -0.05) is 30.7 Å². The number of benzene rings is 1. The normalized spacial score (nSPS) is 13.2. The van der Waals surface area contributed by atoms with Gasteiger partial charge in [0.25, 0.3) is 0 Å². The Kier molecular flexibility index (Phi) is 5.65. The summed E-state index contributed by atoms with van der Waals surface area (Å²) in [4.78, 5) is 11.3. The summed E-state index contributed by atoms with van der Waals surface area (Å²) < 4.78 is 4.80. The van der Waals surface area contributed by atoms with E-state index >= 15 is 0 Å². The van der Waals surface area contributed by atoms with E-state index in [0.717, 1.165) is 5.56 Å². The van der Waals surface area contributed by atoms with Gasteiger partial charge in [0, 0.05) is 11.6 Å². The first kappa shape index (κ1) is 15.3. The largest absolute Gasteiger partial charge is 0.450 e. The molecule has 19 heavy (non-hydrogen) atoms. The second kappa shape index (κ2) is 7.01. The van der Waals surface area contributed by atoms with Gasteiger partial charge in [-0.25, -0.2) is 4.79 Å². The van der Waals surface area contributed by atoms with Crippen molar-refractivity contribution in [3.63, 3.8) is 0 Å². The lowest BCUT2D eigenvalue weighted by Crippen LogP contribution is -2.39. The van der Waals surface area contributed by atoms with Gasteiger partial charge in [0.2, 0.25) is 0 Å². The molecular weight excluding hydrogens is 264 g/mol.